The highest BCUT2D eigenvalue weighted by molar-refractivity contribution is 6.30. The first-order valence-corrected chi connectivity index (χ1v) is 7.31. The molecule has 2 rings (SSSR count). The number of rotatable bonds is 6. The van der Waals surface area contributed by atoms with Crippen LogP contribution >= 0.6 is 11.6 Å². The highest BCUT2D eigenvalue weighted by Gasteiger charge is 2.23. The zero-order chi connectivity index (χ0) is 14.4. The monoisotopic (exact) mass is 296 g/mol. The lowest BCUT2D eigenvalue weighted by Gasteiger charge is -2.15. The van der Waals surface area contributed by atoms with Crippen molar-refractivity contribution in [3.05, 3.63) is 34.9 Å². The molecule has 0 saturated carbocycles. The Morgan fingerprint density at radius 1 is 1.45 bits per heavy atom. The van der Waals surface area contributed by atoms with Crippen molar-refractivity contribution >= 4 is 17.5 Å². The third kappa shape index (κ3) is 4.78. The minimum Gasteiger partial charge on any atom is -0.380 e. The van der Waals surface area contributed by atoms with Crippen LogP contribution in [0.25, 0.3) is 0 Å². The Labute approximate surface area is 125 Å². The molecule has 0 aliphatic carbocycles. The van der Waals surface area contributed by atoms with E-state index in [0.717, 1.165) is 31.0 Å². The molecule has 1 atom stereocenters. The van der Waals surface area contributed by atoms with Crippen LogP contribution in [0.2, 0.25) is 5.02 Å². The lowest BCUT2D eigenvalue weighted by Crippen LogP contribution is -2.37. The number of nitrogens with one attached hydrogen (secondary N) is 1. The molecule has 110 valence electrons. The lowest BCUT2D eigenvalue weighted by atomic mass is 10.1. The molecule has 1 N–H and O–H groups in total. The number of nitrogens with zero attached hydrogens (tertiary/aromatic N) is 1. The predicted octanol–water partition coefficient (Wildman–Crippen LogP) is 1.72. The molecular weight excluding hydrogens is 276 g/mol. The molecule has 1 saturated heterocycles. The number of carbonyl (C=O) groups is 1. The summed E-state index contributed by atoms with van der Waals surface area (Å²) in [5, 5.41) is 3.69. The standard InChI is InChI=1S/C15H21ClN2O2/c1-20-14-7-9-18(10-14)11-15(19)17-8-6-12-2-4-13(16)5-3-12/h2-5,14H,6-11H2,1H3,(H,17,19)/t14-/m0/s1. The van der Waals surface area contributed by atoms with Crippen molar-refractivity contribution in [2.75, 3.05) is 33.3 Å². The normalized spacial score (nSPS) is 19.2. The van der Waals surface area contributed by atoms with Crippen molar-refractivity contribution in [3.63, 3.8) is 0 Å². The summed E-state index contributed by atoms with van der Waals surface area (Å²) in [7, 11) is 1.72. The number of methoxy groups -OCH3 is 1. The quantitative estimate of drug-likeness (QED) is 0.869. The molecular formula is C15H21ClN2O2. The van der Waals surface area contributed by atoms with Crippen molar-refractivity contribution in [3.8, 4) is 0 Å². The van der Waals surface area contributed by atoms with E-state index in [0.29, 0.717) is 13.1 Å². The maximum absolute atomic E-state index is 11.8. The maximum atomic E-state index is 11.8. The van der Waals surface area contributed by atoms with E-state index in [1.54, 1.807) is 7.11 Å². The molecule has 1 heterocycles. The number of carbonyl (C=O) groups excluding carboxylic acids is 1. The first-order chi connectivity index (χ1) is 9.67. The molecule has 4 nitrogen and oxygen atoms in total. The maximum Gasteiger partial charge on any atom is 0.234 e. The SMILES string of the molecule is CO[C@H]1CCN(CC(=O)NCCc2ccc(Cl)cc2)C1. The van der Waals surface area contributed by atoms with E-state index in [1.807, 2.05) is 24.3 Å². The fraction of sp³-hybridized carbons (Fsp3) is 0.533. The van der Waals surface area contributed by atoms with E-state index in [-0.39, 0.29) is 12.0 Å². The van der Waals surface area contributed by atoms with E-state index >= 15 is 0 Å². The molecule has 0 spiro atoms. The van der Waals surface area contributed by atoms with Gasteiger partial charge in [-0.25, -0.2) is 0 Å². The van der Waals surface area contributed by atoms with Gasteiger partial charge in [0.25, 0.3) is 0 Å². The van der Waals surface area contributed by atoms with E-state index in [4.69, 9.17) is 16.3 Å². The van der Waals surface area contributed by atoms with Crippen LogP contribution in [0.5, 0.6) is 0 Å². The van der Waals surface area contributed by atoms with Crippen LogP contribution < -0.4 is 5.32 Å². The number of likely N-dealkylation sites (tertiary alicyclic amines) is 1. The second-order valence-electron chi connectivity index (χ2n) is 5.11. The van der Waals surface area contributed by atoms with Crippen LogP contribution in [-0.4, -0.2) is 50.2 Å². The number of amides is 1. The summed E-state index contributed by atoms with van der Waals surface area (Å²) in [5.41, 5.74) is 1.18. The third-order valence-electron chi connectivity index (χ3n) is 3.58. The molecule has 1 aromatic carbocycles. The average Bonchev–Trinajstić information content (AvgIpc) is 2.88. The Bertz CT molecular complexity index is 436. The smallest absolute Gasteiger partial charge is 0.234 e. The molecule has 1 aliphatic rings. The van der Waals surface area contributed by atoms with E-state index in [9.17, 15) is 4.79 Å². The van der Waals surface area contributed by atoms with Crippen LogP contribution in [0, 0.1) is 0 Å². The van der Waals surface area contributed by atoms with Gasteiger partial charge in [0.1, 0.15) is 0 Å². The van der Waals surface area contributed by atoms with Gasteiger partial charge in [0.05, 0.1) is 12.6 Å². The van der Waals surface area contributed by atoms with Gasteiger partial charge >= 0.3 is 0 Å². The fourth-order valence-corrected chi connectivity index (χ4v) is 2.52. The van der Waals surface area contributed by atoms with Gasteiger partial charge in [0.2, 0.25) is 5.91 Å². The highest BCUT2D eigenvalue weighted by Crippen LogP contribution is 2.11. The molecule has 0 bridgehead atoms. The Morgan fingerprint density at radius 2 is 2.20 bits per heavy atom. The molecule has 0 radical (unpaired) electrons. The van der Waals surface area contributed by atoms with Crippen LogP contribution in [0.4, 0.5) is 0 Å². The van der Waals surface area contributed by atoms with Crippen LogP contribution in [0.1, 0.15) is 12.0 Å². The minimum atomic E-state index is 0.0794. The van der Waals surface area contributed by atoms with Crippen molar-refractivity contribution < 1.29 is 9.53 Å². The van der Waals surface area contributed by atoms with Crippen molar-refractivity contribution in [1.82, 2.24) is 10.2 Å². The van der Waals surface area contributed by atoms with Crippen LogP contribution in [0.3, 0.4) is 0 Å². The number of ether oxygens (including phenoxy) is 1. The fourth-order valence-electron chi connectivity index (χ4n) is 2.39. The highest BCUT2D eigenvalue weighted by atomic mass is 35.5. The molecule has 5 heteroatoms. The molecule has 0 unspecified atom stereocenters. The van der Waals surface area contributed by atoms with E-state index in [2.05, 4.69) is 10.2 Å². The van der Waals surface area contributed by atoms with Gasteiger partial charge in [-0.1, -0.05) is 23.7 Å². The van der Waals surface area contributed by atoms with Gasteiger partial charge in [-0.3, -0.25) is 9.69 Å². The third-order valence-corrected chi connectivity index (χ3v) is 3.83. The Morgan fingerprint density at radius 3 is 2.85 bits per heavy atom. The van der Waals surface area contributed by atoms with Crippen molar-refractivity contribution in [1.29, 1.82) is 0 Å². The largest absolute Gasteiger partial charge is 0.380 e. The number of benzene rings is 1. The van der Waals surface area contributed by atoms with Gasteiger partial charge in [-0.15, -0.1) is 0 Å². The zero-order valence-corrected chi connectivity index (χ0v) is 12.5. The summed E-state index contributed by atoms with van der Waals surface area (Å²) in [6.07, 6.45) is 2.11. The topological polar surface area (TPSA) is 41.6 Å². The van der Waals surface area contributed by atoms with Gasteiger partial charge in [-0.05, 0) is 30.5 Å². The average molecular weight is 297 g/mol. The molecule has 0 aromatic heterocycles. The Balaban J connectivity index is 1.64. The van der Waals surface area contributed by atoms with Crippen molar-refractivity contribution in [2.24, 2.45) is 0 Å². The molecule has 1 aromatic rings. The minimum absolute atomic E-state index is 0.0794. The summed E-state index contributed by atoms with van der Waals surface area (Å²) in [6, 6.07) is 7.71. The first kappa shape index (κ1) is 15.3. The second-order valence-corrected chi connectivity index (χ2v) is 5.54. The predicted molar refractivity (Wildman–Crippen MR) is 80.0 cm³/mol. The Kier molecular flexibility index (Phi) is 5.83. The van der Waals surface area contributed by atoms with Gasteiger partial charge < -0.3 is 10.1 Å². The number of hydrogen-bond acceptors (Lipinski definition) is 3. The summed E-state index contributed by atoms with van der Waals surface area (Å²) in [5.74, 6) is 0.0794. The molecule has 1 amide bonds. The van der Waals surface area contributed by atoms with Crippen molar-refractivity contribution in [2.45, 2.75) is 18.9 Å². The summed E-state index contributed by atoms with van der Waals surface area (Å²) in [4.78, 5) is 14.0. The second kappa shape index (κ2) is 7.62. The number of halogens is 1. The lowest BCUT2D eigenvalue weighted by molar-refractivity contribution is -0.122. The Hall–Kier alpha value is -1.10. The van der Waals surface area contributed by atoms with Crippen LogP contribution in [0.15, 0.2) is 24.3 Å². The zero-order valence-electron chi connectivity index (χ0n) is 11.8. The summed E-state index contributed by atoms with van der Waals surface area (Å²) >= 11 is 5.83. The van der Waals surface area contributed by atoms with Gasteiger partial charge in [-0.2, -0.15) is 0 Å². The van der Waals surface area contributed by atoms with E-state index in [1.165, 1.54) is 5.56 Å². The molecule has 20 heavy (non-hydrogen) atoms. The first-order valence-electron chi connectivity index (χ1n) is 6.93. The summed E-state index contributed by atoms with van der Waals surface area (Å²) < 4.78 is 5.29. The molecule has 1 fully saturated rings. The summed E-state index contributed by atoms with van der Waals surface area (Å²) in [6.45, 7) is 2.90. The number of hydrogen-bond donors (Lipinski definition) is 1. The van der Waals surface area contributed by atoms with E-state index < -0.39 is 0 Å². The van der Waals surface area contributed by atoms with Crippen LogP contribution in [-0.2, 0) is 16.0 Å². The van der Waals surface area contributed by atoms with Gasteiger partial charge in [0, 0.05) is 31.8 Å². The molecule has 1 aliphatic heterocycles. The van der Waals surface area contributed by atoms with Gasteiger partial charge in [0.15, 0.2) is 0 Å².